The molecule has 6 N–H and O–H groups in total. The van der Waals surface area contributed by atoms with E-state index in [2.05, 4.69) is 10.6 Å². The number of unbranched alkanes of at least 4 members (excludes halogenated alkanes) is 1. The lowest BCUT2D eigenvalue weighted by atomic mass is 9.77. The lowest BCUT2D eigenvalue weighted by molar-refractivity contribution is -0.159. The summed E-state index contributed by atoms with van der Waals surface area (Å²) in [5.74, 6) is -0.383. The van der Waals surface area contributed by atoms with Crippen LogP contribution in [0.3, 0.4) is 0 Å². The minimum atomic E-state index is -1.33. The summed E-state index contributed by atoms with van der Waals surface area (Å²) in [7, 11) is -1.33. The summed E-state index contributed by atoms with van der Waals surface area (Å²) in [6, 6.07) is -0.432. The van der Waals surface area contributed by atoms with Gasteiger partial charge < -0.3 is 35.9 Å². The van der Waals surface area contributed by atoms with Gasteiger partial charge in [0.1, 0.15) is 24.8 Å². The van der Waals surface area contributed by atoms with Crippen LogP contribution < -0.4 is 16.4 Å². The second-order valence-electron chi connectivity index (χ2n) is 8.57. The molecule has 2 aliphatic rings. The standard InChI is InChI=1S/C19H36BN3O6/c1-13(2)11-15(21)17(24)28-9-10-29-18(25)19(6-3-4-7-20(26)27)14-5-8-22-16(14)12-23-19/h13-16,22-23,26-27H,3-12,21H2,1-2H3/t14-,15-,16-,19+/m0/s1. The molecule has 2 fully saturated rings. The van der Waals surface area contributed by atoms with Crippen molar-refractivity contribution in [2.24, 2.45) is 17.6 Å². The summed E-state index contributed by atoms with van der Waals surface area (Å²) in [4.78, 5) is 24.9. The first kappa shape index (κ1) is 24.1. The van der Waals surface area contributed by atoms with E-state index in [-0.39, 0.29) is 37.5 Å². The highest BCUT2D eigenvalue weighted by Gasteiger charge is 2.55. The molecule has 0 amide bonds. The molecule has 0 unspecified atom stereocenters. The van der Waals surface area contributed by atoms with Crippen molar-refractivity contribution in [2.75, 3.05) is 26.3 Å². The fourth-order valence-corrected chi connectivity index (χ4v) is 4.44. The third kappa shape index (κ3) is 6.65. The van der Waals surface area contributed by atoms with Crippen molar-refractivity contribution in [3.63, 3.8) is 0 Å². The number of fused-ring (bicyclic) bond motifs is 1. The van der Waals surface area contributed by atoms with Gasteiger partial charge in [-0.15, -0.1) is 0 Å². The molecule has 2 aliphatic heterocycles. The van der Waals surface area contributed by atoms with E-state index in [0.717, 1.165) is 13.0 Å². The molecule has 0 aliphatic carbocycles. The Bertz CT molecular complexity index is 550. The van der Waals surface area contributed by atoms with Crippen LogP contribution in [-0.2, 0) is 19.1 Å². The first-order valence-corrected chi connectivity index (χ1v) is 10.7. The van der Waals surface area contributed by atoms with Crippen molar-refractivity contribution in [2.45, 2.75) is 69.9 Å². The van der Waals surface area contributed by atoms with Crippen molar-refractivity contribution in [3.05, 3.63) is 0 Å². The number of carbonyl (C=O) groups is 2. The maximum absolute atomic E-state index is 13.0. The Hall–Kier alpha value is -1.20. The van der Waals surface area contributed by atoms with Gasteiger partial charge in [0.2, 0.25) is 0 Å². The normalized spacial score (nSPS) is 27.0. The Morgan fingerprint density at radius 3 is 2.66 bits per heavy atom. The minimum Gasteiger partial charge on any atom is -0.461 e. The Morgan fingerprint density at radius 1 is 1.24 bits per heavy atom. The first-order valence-electron chi connectivity index (χ1n) is 10.7. The van der Waals surface area contributed by atoms with Crippen LogP contribution >= 0.6 is 0 Å². The molecule has 9 nitrogen and oxygen atoms in total. The van der Waals surface area contributed by atoms with Gasteiger partial charge in [0.15, 0.2) is 0 Å². The highest BCUT2D eigenvalue weighted by atomic mass is 16.6. The molecule has 0 radical (unpaired) electrons. The number of hydrogen-bond donors (Lipinski definition) is 5. The predicted octanol–water partition coefficient (Wildman–Crippen LogP) is -0.591. The zero-order chi connectivity index (χ0) is 21.4. The lowest BCUT2D eigenvalue weighted by Crippen LogP contribution is -2.53. The van der Waals surface area contributed by atoms with E-state index in [1.54, 1.807) is 0 Å². The highest BCUT2D eigenvalue weighted by molar-refractivity contribution is 6.40. The van der Waals surface area contributed by atoms with Crippen LogP contribution in [0.15, 0.2) is 0 Å². The number of esters is 2. The van der Waals surface area contributed by atoms with Gasteiger partial charge in [-0.25, -0.2) is 0 Å². The van der Waals surface area contributed by atoms with Crippen LogP contribution in [0.2, 0.25) is 6.32 Å². The molecule has 0 aromatic heterocycles. The van der Waals surface area contributed by atoms with Crippen molar-refractivity contribution in [3.8, 4) is 0 Å². The quantitative estimate of drug-likeness (QED) is 0.161. The molecule has 4 atom stereocenters. The van der Waals surface area contributed by atoms with E-state index in [1.807, 2.05) is 13.8 Å². The fourth-order valence-electron chi connectivity index (χ4n) is 4.44. The van der Waals surface area contributed by atoms with Crippen molar-refractivity contribution in [1.29, 1.82) is 0 Å². The molecule has 0 bridgehead atoms. The molecule has 10 heteroatoms. The molecular formula is C19H36BN3O6. The van der Waals surface area contributed by atoms with Gasteiger partial charge in [-0.1, -0.05) is 26.7 Å². The second kappa shape index (κ2) is 11.3. The van der Waals surface area contributed by atoms with Crippen molar-refractivity contribution >= 4 is 19.1 Å². The molecule has 0 saturated carbocycles. The van der Waals surface area contributed by atoms with Gasteiger partial charge >= 0.3 is 19.1 Å². The van der Waals surface area contributed by atoms with Crippen LogP contribution in [0.4, 0.5) is 0 Å². The molecule has 2 saturated heterocycles. The second-order valence-corrected chi connectivity index (χ2v) is 8.57. The zero-order valence-corrected chi connectivity index (χ0v) is 17.6. The fraction of sp³-hybridized carbons (Fsp3) is 0.895. The summed E-state index contributed by atoms with van der Waals surface area (Å²) < 4.78 is 10.6. The monoisotopic (exact) mass is 413 g/mol. The Balaban J connectivity index is 1.84. The zero-order valence-electron chi connectivity index (χ0n) is 17.6. The van der Waals surface area contributed by atoms with Crippen LogP contribution in [0.25, 0.3) is 0 Å². The van der Waals surface area contributed by atoms with Crippen molar-refractivity contribution < 1.29 is 29.1 Å². The number of nitrogens with two attached hydrogens (primary N) is 1. The van der Waals surface area contributed by atoms with Crippen LogP contribution in [0.1, 0.15) is 46.0 Å². The average molecular weight is 413 g/mol. The topological polar surface area (TPSA) is 143 Å². The maximum Gasteiger partial charge on any atom is 0.451 e. The molecule has 2 heterocycles. The molecule has 0 aromatic carbocycles. The molecule has 2 rings (SSSR count). The summed E-state index contributed by atoms with van der Waals surface area (Å²) in [6.45, 7) is 5.50. The Morgan fingerprint density at radius 2 is 1.97 bits per heavy atom. The minimum absolute atomic E-state index is 0.0113. The maximum atomic E-state index is 13.0. The summed E-state index contributed by atoms with van der Waals surface area (Å²) in [6.07, 6.45) is 3.58. The largest absolute Gasteiger partial charge is 0.461 e. The lowest BCUT2D eigenvalue weighted by Gasteiger charge is -2.32. The smallest absolute Gasteiger partial charge is 0.451 e. The van der Waals surface area contributed by atoms with E-state index < -0.39 is 24.7 Å². The van der Waals surface area contributed by atoms with Crippen LogP contribution in [0, 0.1) is 11.8 Å². The van der Waals surface area contributed by atoms with E-state index in [0.29, 0.717) is 38.1 Å². The number of rotatable bonds is 12. The van der Waals surface area contributed by atoms with E-state index in [9.17, 15) is 9.59 Å². The molecule has 29 heavy (non-hydrogen) atoms. The van der Waals surface area contributed by atoms with Gasteiger partial charge in [-0.05, 0) is 38.0 Å². The SMILES string of the molecule is CC(C)C[C@H](N)C(=O)OCCOC(=O)[C@]1(CCCCB(O)O)NC[C@@H]2NCC[C@@H]21. The average Bonchev–Trinajstić information content (AvgIpc) is 3.25. The first-order chi connectivity index (χ1) is 13.8. The van der Waals surface area contributed by atoms with Gasteiger partial charge in [-0.2, -0.15) is 0 Å². The van der Waals surface area contributed by atoms with Crippen LogP contribution in [0.5, 0.6) is 0 Å². The van der Waals surface area contributed by atoms with Crippen LogP contribution in [-0.4, -0.2) is 73.0 Å². The van der Waals surface area contributed by atoms with Gasteiger partial charge in [0.25, 0.3) is 0 Å². The van der Waals surface area contributed by atoms with Crippen molar-refractivity contribution in [1.82, 2.24) is 10.6 Å². The molecule has 0 aromatic rings. The number of ether oxygens (including phenoxy) is 2. The Labute approximate surface area is 173 Å². The summed E-state index contributed by atoms with van der Waals surface area (Å²) >= 11 is 0. The van der Waals surface area contributed by atoms with Gasteiger partial charge in [0, 0.05) is 18.5 Å². The highest BCUT2D eigenvalue weighted by Crippen LogP contribution is 2.38. The van der Waals surface area contributed by atoms with E-state index in [4.69, 9.17) is 25.3 Å². The molecule has 0 spiro atoms. The number of nitrogens with one attached hydrogen (secondary N) is 2. The number of carbonyl (C=O) groups excluding carboxylic acids is 2. The van der Waals surface area contributed by atoms with Gasteiger partial charge in [-0.3, -0.25) is 9.59 Å². The predicted molar refractivity (Wildman–Crippen MR) is 109 cm³/mol. The summed E-state index contributed by atoms with van der Waals surface area (Å²) in [5.41, 5.74) is 5.01. The molecular weight excluding hydrogens is 377 g/mol. The summed E-state index contributed by atoms with van der Waals surface area (Å²) in [5, 5.41) is 24.8. The third-order valence-corrected chi connectivity index (χ3v) is 5.85. The number of hydrogen-bond acceptors (Lipinski definition) is 9. The van der Waals surface area contributed by atoms with E-state index >= 15 is 0 Å². The molecule has 166 valence electrons. The third-order valence-electron chi connectivity index (χ3n) is 5.85. The van der Waals surface area contributed by atoms with E-state index in [1.165, 1.54) is 0 Å². The van der Waals surface area contributed by atoms with Gasteiger partial charge in [0.05, 0.1) is 0 Å². The Kier molecular flexibility index (Phi) is 9.35.